The number of nitrogens with zero attached hydrogens (tertiary/aromatic N) is 5. The van der Waals surface area contributed by atoms with Gasteiger partial charge in [0.1, 0.15) is 5.49 Å². The summed E-state index contributed by atoms with van der Waals surface area (Å²) in [5.74, 6) is 0.534. The second kappa shape index (κ2) is 7.36. The Morgan fingerprint density at radius 2 is 2.17 bits per heavy atom. The lowest BCUT2D eigenvalue weighted by Gasteiger charge is -2.44. The Kier molecular flexibility index (Phi) is 4.79. The van der Waals surface area contributed by atoms with Crippen molar-refractivity contribution in [3.63, 3.8) is 0 Å². The molecule has 0 atom stereocenters. The second-order valence-corrected chi connectivity index (χ2v) is 10.2. The van der Waals surface area contributed by atoms with Gasteiger partial charge < -0.3 is 14.4 Å². The van der Waals surface area contributed by atoms with E-state index >= 15 is 0 Å². The maximum Gasteiger partial charge on any atom is 0.282 e. The van der Waals surface area contributed by atoms with Crippen molar-refractivity contribution in [1.29, 1.82) is 0 Å². The zero-order valence-electron chi connectivity index (χ0n) is 17.0. The van der Waals surface area contributed by atoms with Gasteiger partial charge in [0.2, 0.25) is 0 Å². The van der Waals surface area contributed by atoms with Gasteiger partial charge in [-0.25, -0.2) is 4.99 Å². The van der Waals surface area contributed by atoms with Crippen LogP contribution in [0.4, 0.5) is 0 Å². The van der Waals surface area contributed by atoms with E-state index in [-0.39, 0.29) is 12.1 Å². The molecule has 4 heterocycles. The normalized spacial score (nSPS) is 21.4. The van der Waals surface area contributed by atoms with E-state index in [0.29, 0.717) is 25.4 Å². The summed E-state index contributed by atoms with van der Waals surface area (Å²) in [6.45, 7) is 2.03. The number of rotatable bonds is 5. The zero-order chi connectivity index (χ0) is 20.8. The zero-order valence-corrected chi connectivity index (χ0v) is 17.8. The largest absolute Gasteiger partial charge is 0.371 e. The first-order valence-electron chi connectivity index (χ1n) is 10.3. The van der Waals surface area contributed by atoms with Crippen molar-refractivity contribution in [1.82, 2.24) is 23.7 Å². The third-order valence-electron chi connectivity index (χ3n) is 6.23. The van der Waals surface area contributed by atoms with Crippen LogP contribution in [0.2, 0.25) is 0 Å². The highest BCUT2D eigenvalue weighted by Gasteiger charge is 2.56. The van der Waals surface area contributed by atoms with Crippen molar-refractivity contribution in [3.8, 4) is 0 Å². The number of hydrogen-bond acceptors (Lipinski definition) is 6. The van der Waals surface area contributed by atoms with E-state index in [4.69, 9.17) is 4.52 Å². The molecule has 1 saturated carbocycles. The minimum absolute atomic E-state index is 0.177. The monoisotopic (exact) mass is 430 g/mol. The maximum atomic E-state index is 13.3. The number of piperazine rings is 1. The summed E-state index contributed by atoms with van der Waals surface area (Å²) in [6.07, 6.45) is 11.0. The van der Waals surface area contributed by atoms with E-state index < -0.39 is 10.2 Å². The van der Waals surface area contributed by atoms with Crippen LogP contribution in [0.1, 0.15) is 31.4 Å². The molecule has 0 aromatic carbocycles. The lowest BCUT2D eigenvalue weighted by atomic mass is 10.1. The van der Waals surface area contributed by atoms with Gasteiger partial charge in [0, 0.05) is 56.1 Å². The van der Waals surface area contributed by atoms with Crippen molar-refractivity contribution in [2.24, 2.45) is 4.99 Å². The van der Waals surface area contributed by atoms with E-state index in [1.54, 1.807) is 17.4 Å². The molecule has 5 rings (SSSR count). The molecule has 160 valence electrons. The summed E-state index contributed by atoms with van der Waals surface area (Å²) in [5.41, 5.74) is 1.79. The summed E-state index contributed by atoms with van der Waals surface area (Å²) >= 11 is 0. The first-order valence-corrected chi connectivity index (χ1v) is 11.7. The van der Waals surface area contributed by atoms with Gasteiger partial charge in [-0.3, -0.25) is 0 Å². The van der Waals surface area contributed by atoms with Gasteiger partial charge in [0.25, 0.3) is 10.2 Å². The summed E-state index contributed by atoms with van der Waals surface area (Å²) in [7, 11) is -1.99. The van der Waals surface area contributed by atoms with Crippen LogP contribution < -0.4 is 10.7 Å². The molecule has 0 unspecified atom stereocenters. The molecular weight excluding hydrogens is 404 g/mol. The molecule has 9 nitrogen and oxygen atoms in total. The number of allylic oxidation sites excluding steroid dienone is 1. The number of aromatic nitrogens is 2. The van der Waals surface area contributed by atoms with Gasteiger partial charge in [-0.1, -0.05) is 11.2 Å². The van der Waals surface area contributed by atoms with Crippen molar-refractivity contribution in [2.45, 2.75) is 37.8 Å². The first-order chi connectivity index (χ1) is 14.5. The van der Waals surface area contributed by atoms with Crippen LogP contribution in [0.5, 0.6) is 0 Å². The number of aromatic amines is 1. The average Bonchev–Trinajstić information content (AvgIpc) is 3.08. The van der Waals surface area contributed by atoms with Gasteiger partial charge in [0.05, 0.1) is 18.3 Å². The molecule has 1 N–H and O–H groups in total. The molecule has 10 heteroatoms. The predicted molar refractivity (Wildman–Crippen MR) is 110 cm³/mol. The van der Waals surface area contributed by atoms with Crippen molar-refractivity contribution >= 4 is 15.9 Å². The Hall–Kier alpha value is -2.43. The van der Waals surface area contributed by atoms with Crippen molar-refractivity contribution in [3.05, 3.63) is 53.3 Å². The predicted octanol–water partition coefficient (Wildman–Crippen LogP) is 0.565. The molecular formula is C20H26N6O3S. The van der Waals surface area contributed by atoms with Crippen LogP contribution in [0.25, 0.3) is 5.70 Å². The van der Waals surface area contributed by atoms with Crippen LogP contribution in [0.3, 0.4) is 0 Å². The Labute approximate surface area is 175 Å². The fraction of sp³-hybridized carbons (Fsp3) is 0.500. The van der Waals surface area contributed by atoms with Gasteiger partial charge in [0.15, 0.2) is 5.76 Å². The SMILES string of the molecule is CN(Cc1ccno1)S(=O)(=O)N1CCN(C2=c3cc[nH]c3=NC=CCC2)CC12CC2. The summed E-state index contributed by atoms with van der Waals surface area (Å²) < 4.78 is 34.8. The van der Waals surface area contributed by atoms with Crippen LogP contribution in [-0.2, 0) is 16.8 Å². The lowest BCUT2D eigenvalue weighted by molar-refractivity contribution is 0.156. The van der Waals surface area contributed by atoms with Crippen molar-refractivity contribution < 1.29 is 12.9 Å². The van der Waals surface area contributed by atoms with Gasteiger partial charge in [-0.15, -0.1) is 0 Å². The molecule has 0 radical (unpaired) electrons. The standard InChI is InChI=1S/C20H26N6O3S/c1-24(14-16-5-11-23-29-16)30(27,28)26-13-12-25(15-20(26)7-8-20)18-4-2-3-9-21-19-17(18)6-10-22-19/h3,5-6,9-11H,2,4,7-8,12-15H2,1H3,(H,21,22). The van der Waals surface area contributed by atoms with Crippen LogP contribution in [-0.4, -0.2) is 64.3 Å². The molecule has 2 fully saturated rings. The smallest absolute Gasteiger partial charge is 0.282 e. The molecule has 2 aliphatic heterocycles. The highest BCUT2D eigenvalue weighted by atomic mass is 32.2. The molecule has 0 amide bonds. The molecule has 3 aliphatic rings. The van der Waals surface area contributed by atoms with E-state index in [0.717, 1.165) is 36.4 Å². The van der Waals surface area contributed by atoms with Crippen molar-refractivity contribution in [2.75, 3.05) is 26.7 Å². The van der Waals surface area contributed by atoms with E-state index in [1.165, 1.54) is 16.2 Å². The van der Waals surface area contributed by atoms with E-state index in [9.17, 15) is 8.42 Å². The van der Waals surface area contributed by atoms with Gasteiger partial charge in [-0.05, 0) is 31.7 Å². The first kappa shape index (κ1) is 19.5. The number of H-pyrrole nitrogens is 1. The highest BCUT2D eigenvalue weighted by molar-refractivity contribution is 7.86. The fourth-order valence-electron chi connectivity index (χ4n) is 4.48. The molecule has 0 bridgehead atoms. The van der Waals surface area contributed by atoms with E-state index in [2.05, 4.69) is 32.2 Å². The highest BCUT2D eigenvalue weighted by Crippen LogP contribution is 2.47. The molecule has 1 aliphatic carbocycles. The molecule has 2 aromatic heterocycles. The Morgan fingerprint density at radius 1 is 1.30 bits per heavy atom. The molecule has 1 spiro atoms. The second-order valence-electron chi connectivity index (χ2n) is 8.20. The Bertz CT molecular complexity index is 1160. The maximum absolute atomic E-state index is 13.3. The number of fused-ring (bicyclic) bond motifs is 1. The molecule has 2 aromatic rings. The minimum Gasteiger partial charge on any atom is -0.371 e. The summed E-state index contributed by atoms with van der Waals surface area (Å²) in [6, 6.07) is 3.76. The van der Waals surface area contributed by atoms with Gasteiger partial charge in [-0.2, -0.15) is 17.0 Å². The average molecular weight is 431 g/mol. The topological polar surface area (TPSA) is 98.0 Å². The molecule has 30 heavy (non-hydrogen) atoms. The number of nitrogens with one attached hydrogen (secondary N) is 1. The minimum atomic E-state index is -3.59. The summed E-state index contributed by atoms with van der Waals surface area (Å²) in [5, 5.41) is 4.79. The number of hydrogen-bond donors (Lipinski definition) is 1. The lowest BCUT2D eigenvalue weighted by Crippen LogP contribution is -2.59. The summed E-state index contributed by atoms with van der Waals surface area (Å²) in [4.78, 5) is 10.1. The van der Waals surface area contributed by atoms with Crippen LogP contribution in [0.15, 0.2) is 46.3 Å². The fourth-order valence-corrected chi connectivity index (χ4v) is 6.15. The van der Waals surface area contributed by atoms with Crippen LogP contribution >= 0.6 is 0 Å². The molecule has 1 saturated heterocycles. The Balaban J connectivity index is 1.40. The van der Waals surface area contributed by atoms with Gasteiger partial charge >= 0.3 is 0 Å². The quantitative estimate of drug-likeness (QED) is 0.748. The third-order valence-corrected chi connectivity index (χ3v) is 8.27. The Morgan fingerprint density at radius 3 is 2.93 bits per heavy atom. The third kappa shape index (κ3) is 3.38. The van der Waals surface area contributed by atoms with E-state index in [1.807, 2.05) is 12.4 Å². The van der Waals surface area contributed by atoms with Crippen LogP contribution in [0, 0.1) is 0 Å².